The molecule has 2 fully saturated rings. The molecule has 2 aliphatic rings. The largest absolute Gasteiger partial charge is 0.505 e. The van der Waals surface area contributed by atoms with Crippen LogP contribution in [0.25, 0.3) is 0 Å². The van der Waals surface area contributed by atoms with Gasteiger partial charge in [-0.15, -0.1) is 0 Å². The standard InChI is InChI=1S/C6HCl5O.C6H10O3.C4H10O4/c7-1-2(8)4(10)6(12)5(11)3(1)9;1(5-3-8-5)7-2-6-4-9-6;5-1-3(7)4(8)2-6/h12H;5-6H,1-4H2;3-8H,1-2H2. The van der Waals surface area contributed by atoms with E-state index in [2.05, 4.69) is 0 Å². The maximum atomic E-state index is 9.20. The average Bonchev–Trinajstić information content (AvgIpc) is 3.65. The minimum Gasteiger partial charge on any atom is -0.505 e. The lowest BCUT2D eigenvalue weighted by Crippen LogP contribution is -2.31. The number of phenolic OH excluding ortho intramolecular Hbond substituents is 1. The van der Waals surface area contributed by atoms with Crippen molar-refractivity contribution in [1.82, 2.24) is 0 Å². The summed E-state index contributed by atoms with van der Waals surface area (Å²) in [5.74, 6) is -0.363. The van der Waals surface area contributed by atoms with E-state index < -0.39 is 25.4 Å². The molecule has 0 saturated carbocycles. The van der Waals surface area contributed by atoms with Gasteiger partial charge in [0.15, 0.2) is 5.75 Å². The minimum absolute atomic E-state index is 0.00904. The lowest BCUT2D eigenvalue weighted by atomic mass is 10.2. The van der Waals surface area contributed by atoms with Crippen molar-refractivity contribution in [1.29, 1.82) is 0 Å². The van der Waals surface area contributed by atoms with Gasteiger partial charge in [0.25, 0.3) is 0 Å². The Morgan fingerprint density at radius 1 is 0.759 bits per heavy atom. The van der Waals surface area contributed by atoms with Gasteiger partial charge in [0.2, 0.25) is 0 Å². The van der Waals surface area contributed by atoms with Crippen LogP contribution in [0.1, 0.15) is 0 Å². The van der Waals surface area contributed by atoms with Crippen LogP contribution in [-0.4, -0.2) is 89.6 Å². The zero-order chi connectivity index (χ0) is 22.1. The molecular formula is C16H21Cl5O8. The number of rotatable bonds is 7. The van der Waals surface area contributed by atoms with E-state index in [1.807, 2.05) is 0 Å². The molecule has 0 spiro atoms. The van der Waals surface area contributed by atoms with E-state index in [0.717, 1.165) is 26.4 Å². The van der Waals surface area contributed by atoms with Gasteiger partial charge in [-0.05, 0) is 0 Å². The van der Waals surface area contributed by atoms with Crippen molar-refractivity contribution in [3.63, 3.8) is 0 Å². The molecule has 1 aromatic carbocycles. The van der Waals surface area contributed by atoms with E-state index in [-0.39, 0.29) is 30.9 Å². The zero-order valence-corrected chi connectivity index (χ0v) is 18.7. The van der Waals surface area contributed by atoms with Crippen molar-refractivity contribution in [3.05, 3.63) is 25.1 Å². The SMILES string of the molecule is C(OCC1CO1)C1CO1.OCC(O)C(O)CO.Oc1c(Cl)c(Cl)c(Cl)c(Cl)c1Cl. The number of benzene rings is 1. The molecule has 13 heteroatoms. The second-order valence-corrected chi connectivity index (χ2v) is 7.76. The highest BCUT2D eigenvalue weighted by molar-refractivity contribution is 6.55. The quantitative estimate of drug-likeness (QED) is 0.211. The Hall–Kier alpha value is 0.190. The van der Waals surface area contributed by atoms with E-state index >= 15 is 0 Å². The van der Waals surface area contributed by atoms with Crippen LogP contribution in [0.2, 0.25) is 25.1 Å². The minimum atomic E-state index is -1.22. The first-order valence-corrected chi connectivity index (χ1v) is 10.1. The fraction of sp³-hybridized carbons (Fsp3) is 0.625. The Morgan fingerprint density at radius 2 is 1.07 bits per heavy atom. The number of aliphatic hydroxyl groups is 4. The van der Waals surface area contributed by atoms with Crippen molar-refractivity contribution < 1.29 is 39.7 Å². The Balaban J connectivity index is 0.000000223. The summed E-state index contributed by atoms with van der Waals surface area (Å²) in [5.41, 5.74) is 0. The summed E-state index contributed by atoms with van der Waals surface area (Å²) in [5, 5.41) is 42.2. The van der Waals surface area contributed by atoms with E-state index in [4.69, 9.17) is 92.6 Å². The van der Waals surface area contributed by atoms with E-state index in [9.17, 15) is 5.11 Å². The molecular weight excluding hydrogens is 497 g/mol. The highest BCUT2D eigenvalue weighted by Crippen LogP contribution is 2.47. The van der Waals surface area contributed by atoms with E-state index in [1.54, 1.807) is 0 Å². The first-order chi connectivity index (χ1) is 13.6. The predicted octanol–water partition coefficient (Wildman–Crippen LogP) is 2.15. The van der Waals surface area contributed by atoms with Crippen LogP contribution in [0.4, 0.5) is 0 Å². The van der Waals surface area contributed by atoms with Gasteiger partial charge >= 0.3 is 0 Å². The highest BCUT2D eigenvalue weighted by atomic mass is 35.5. The van der Waals surface area contributed by atoms with Crippen molar-refractivity contribution >= 4 is 58.0 Å². The third-order valence-corrected chi connectivity index (χ3v) is 5.67. The van der Waals surface area contributed by atoms with E-state index in [0.29, 0.717) is 12.2 Å². The fourth-order valence-corrected chi connectivity index (χ4v) is 2.62. The number of hydrogen-bond donors (Lipinski definition) is 5. The van der Waals surface area contributed by atoms with Crippen LogP contribution < -0.4 is 0 Å². The lowest BCUT2D eigenvalue weighted by Gasteiger charge is -2.10. The molecule has 0 bridgehead atoms. The molecule has 5 N–H and O–H groups in total. The smallest absolute Gasteiger partial charge is 0.155 e. The average molecular weight is 519 g/mol. The topological polar surface area (TPSA) is 135 Å². The molecule has 3 rings (SSSR count). The summed E-state index contributed by atoms with van der Waals surface area (Å²) in [4.78, 5) is 0. The number of phenols is 1. The van der Waals surface area contributed by atoms with E-state index in [1.165, 1.54) is 0 Å². The van der Waals surface area contributed by atoms with Crippen LogP contribution in [-0.2, 0) is 14.2 Å². The Bertz CT molecular complexity index is 517. The molecule has 0 aromatic heterocycles. The van der Waals surface area contributed by atoms with Crippen molar-refractivity contribution in [2.24, 2.45) is 0 Å². The maximum absolute atomic E-state index is 9.20. The molecule has 2 aliphatic heterocycles. The molecule has 4 unspecified atom stereocenters. The second kappa shape index (κ2) is 13.6. The van der Waals surface area contributed by atoms with Gasteiger partial charge < -0.3 is 39.7 Å². The van der Waals surface area contributed by atoms with Gasteiger partial charge in [-0.3, -0.25) is 0 Å². The molecule has 29 heavy (non-hydrogen) atoms. The fourth-order valence-electron chi connectivity index (χ4n) is 1.50. The van der Waals surface area contributed by atoms with Gasteiger partial charge in [0.05, 0.1) is 54.7 Å². The number of hydrogen-bond acceptors (Lipinski definition) is 8. The lowest BCUT2D eigenvalue weighted by molar-refractivity contribution is -0.0388. The number of halogens is 5. The molecule has 2 saturated heterocycles. The second-order valence-electron chi connectivity index (χ2n) is 5.87. The molecule has 8 nitrogen and oxygen atoms in total. The first-order valence-electron chi connectivity index (χ1n) is 8.23. The summed E-state index contributed by atoms with van der Waals surface area (Å²) in [6.07, 6.45) is -1.66. The number of aliphatic hydroxyl groups excluding tert-OH is 4. The van der Waals surface area contributed by atoms with Crippen LogP contribution in [0.3, 0.4) is 0 Å². The molecule has 0 aliphatic carbocycles. The normalized spacial score (nSPS) is 21.3. The summed E-state index contributed by atoms with van der Waals surface area (Å²) in [7, 11) is 0. The van der Waals surface area contributed by atoms with Crippen LogP contribution in [0.15, 0.2) is 0 Å². The predicted molar refractivity (Wildman–Crippen MR) is 110 cm³/mol. The van der Waals surface area contributed by atoms with Gasteiger partial charge in [-0.1, -0.05) is 58.0 Å². The molecule has 4 atom stereocenters. The monoisotopic (exact) mass is 516 g/mol. The van der Waals surface area contributed by atoms with Crippen molar-refractivity contribution in [2.45, 2.75) is 24.4 Å². The number of epoxide rings is 2. The number of aromatic hydroxyl groups is 1. The van der Waals surface area contributed by atoms with Crippen molar-refractivity contribution in [2.75, 3.05) is 39.6 Å². The van der Waals surface area contributed by atoms with Gasteiger partial charge in [0.1, 0.15) is 34.5 Å². The zero-order valence-electron chi connectivity index (χ0n) is 14.9. The molecule has 1 aromatic rings. The third-order valence-electron chi connectivity index (χ3n) is 3.42. The summed E-state index contributed by atoms with van der Waals surface area (Å²) >= 11 is 27.9. The number of ether oxygens (including phenoxy) is 3. The van der Waals surface area contributed by atoms with Crippen LogP contribution >= 0.6 is 58.0 Å². The molecule has 2 heterocycles. The maximum Gasteiger partial charge on any atom is 0.155 e. The van der Waals surface area contributed by atoms with Crippen molar-refractivity contribution in [3.8, 4) is 5.75 Å². The Labute approximate surface area is 192 Å². The summed E-state index contributed by atoms with van der Waals surface area (Å²) < 4.78 is 15.1. The molecule has 0 amide bonds. The van der Waals surface area contributed by atoms with Gasteiger partial charge in [-0.25, -0.2) is 0 Å². The first kappa shape index (κ1) is 27.2. The van der Waals surface area contributed by atoms with Gasteiger partial charge in [0, 0.05) is 0 Å². The summed E-state index contributed by atoms with van der Waals surface area (Å²) in [6, 6.07) is 0. The third kappa shape index (κ3) is 9.90. The molecule has 168 valence electrons. The summed E-state index contributed by atoms with van der Waals surface area (Å²) in [6.45, 7) is 2.21. The molecule has 0 radical (unpaired) electrons. The van der Waals surface area contributed by atoms with Gasteiger partial charge in [-0.2, -0.15) is 0 Å². The Morgan fingerprint density at radius 3 is 1.34 bits per heavy atom. The van der Waals surface area contributed by atoms with Crippen LogP contribution in [0.5, 0.6) is 5.75 Å². The Kier molecular flexibility index (Phi) is 12.7. The highest BCUT2D eigenvalue weighted by Gasteiger charge is 2.26. The van der Waals surface area contributed by atoms with Crippen LogP contribution in [0, 0.1) is 0 Å².